The maximum atomic E-state index is 13.1. The van der Waals surface area contributed by atoms with Gasteiger partial charge in [0.2, 0.25) is 5.91 Å². The van der Waals surface area contributed by atoms with Crippen molar-refractivity contribution in [1.29, 1.82) is 0 Å². The van der Waals surface area contributed by atoms with Gasteiger partial charge in [0.1, 0.15) is 5.76 Å². The van der Waals surface area contributed by atoms with Crippen LogP contribution in [0.25, 0.3) is 10.9 Å². The number of carbonyl (C=O) groups is 1. The Hall–Kier alpha value is -2.90. The highest BCUT2D eigenvalue weighted by molar-refractivity contribution is 5.80. The van der Waals surface area contributed by atoms with Gasteiger partial charge in [-0.1, -0.05) is 11.6 Å². The van der Waals surface area contributed by atoms with Crippen LogP contribution in [-0.4, -0.2) is 53.5 Å². The van der Waals surface area contributed by atoms with Crippen molar-refractivity contribution in [2.24, 2.45) is 0 Å². The first-order valence-corrected chi connectivity index (χ1v) is 9.81. The van der Waals surface area contributed by atoms with Crippen LogP contribution in [0.1, 0.15) is 16.9 Å². The highest BCUT2D eigenvalue weighted by Crippen LogP contribution is 2.16. The number of hydrogen-bond donors (Lipinski definition) is 1. The van der Waals surface area contributed by atoms with Gasteiger partial charge in [-0.15, -0.1) is 0 Å². The predicted molar refractivity (Wildman–Crippen MR) is 110 cm³/mol. The number of benzene rings is 1. The lowest BCUT2D eigenvalue weighted by Gasteiger charge is -2.29. The van der Waals surface area contributed by atoms with Crippen LogP contribution < -0.4 is 5.56 Å². The molecule has 1 aromatic carbocycles. The molecule has 152 valence electrons. The molecule has 1 aliphatic rings. The van der Waals surface area contributed by atoms with E-state index in [-0.39, 0.29) is 18.0 Å². The molecule has 7 nitrogen and oxygen atoms in total. The van der Waals surface area contributed by atoms with Crippen molar-refractivity contribution >= 4 is 16.8 Å². The second-order valence-corrected chi connectivity index (χ2v) is 7.43. The first-order chi connectivity index (χ1) is 14.1. The molecular weight excluding hydrogens is 370 g/mol. The molecule has 1 saturated heterocycles. The van der Waals surface area contributed by atoms with Gasteiger partial charge < -0.3 is 19.0 Å². The van der Waals surface area contributed by atoms with E-state index < -0.39 is 0 Å². The summed E-state index contributed by atoms with van der Waals surface area (Å²) in [5, 5.41) is 0.957. The summed E-state index contributed by atoms with van der Waals surface area (Å²) in [6, 6.07) is 11.4. The molecule has 7 heteroatoms. The molecule has 1 aliphatic heterocycles. The average Bonchev–Trinajstić information content (AvgIpc) is 3.22. The zero-order chi connectivity index (χ0) is 20.2. The lowest BCUT2D eigenvalue weighted by atomic mass is 10.1. The van der Waals surface area contributed by atoms with Crippen LogP contribution in [-0.2, 0) is 22.6 Å². The van der Waals surface area contributed by atoms with Crippen LogP contribution in [0.15, 0.2) is 51.9 Å². The number of amides is 1. The molecule has 3 heterocycles. The van der Waals surface area contributed by atoms with E-state index in [0.29, 0.717) is 37.6 Å². The molecule has 0 unspecified atom stereocenters. The highest BCUT2D eigenvalue weighted by Gasteiger charge is 2.21. The molecule has 0 atom stereocenters. The van der Waals surface area contributed by atoms with Crippen LogP contribution in [0.5, 0.6) is 0 Å². The van der Waals surface area contributed by atoms with Crippen molar-refractivity contribution in [2.45, 2.75) is 20.0 Å². The smallest absolute Gasteiger partial charge is 0.253 e. The Morgan fingerprint density at radius 2 is 2.00 bits per heavy atom. The molecule has 29 heavy (non-hydrogen) atoms. The number of hydrogen-bond acceptors (Lipinski definition) is 5. The molecule has 4 rings (SSSR count). The summed E-state index contributed by atoms with van der Waals surface area (Å²) in [4.78, 5) is 32.4. The number of carbonyl (C=O) groups excluding carboxylic acids is 1. The molecule has 0 bridgehead atoms. The maximum Gasteiger partial charge on any atom is 0.253 e. The van der Waals surface area contributed by atoms with E-state index in [4.69, 9.17) is 9.15 Å². The number of fused-ring (bicyclic) bond motifs is 1. The average molecular weight is 395 g/mol. The van der Waals surface area contributed by atoms with E-state index in [2.05, 4.69) is 9.88 Å². The molecule has 0 spiro atoms. The minimum absolute atomic E-state index is 0.0351. The van der Waals surface area contributed by atoms with Gasteiger partial charge in [0.15, 0.2) is 0 Å². The van der Waals surface area contributed by atoms with Crippen LogP contribution in [0.2, 0.25) is 0 Å². The summed E-state index contributed by atoms with van der Waals surface area (Å²) in [5.74, 6) is 0.653. The molecule has 0 aliphatic carbocycles. The van der Waals surface area contributed by atoms with Gasteiger partial charge in [0.25, 0.3) is 5.56 Å². The largest absolute Gasteiger partial charge is 0.467 e. The van der Waals surface area contributed by atoms with Crippen molar-refractivity contribution in [3.05, 3.63) is 69.9 Å². The zero-order valence-corrected chi connectivity index (χ0v) is 16.5. The van der Waals surface area contributed by atoms with Gasteiger partial charge in [0.05, 0.1) is 39.1 Å². The molecule has 1 N–H and O–H groups in total. The highest BCUT2D eigenvalue weighted by atomic mass is 16.5. The number of aromatic nitrogens is 1. The second-order valence-electron chi connectivity index (χ2n) is 7.43. The first kappa shape index (κ1) is 19.4. The van der Waals surface area contributed by atoms with Gasteiger partial charge in [0, 0.05) is 24.2 Å². The first-order valence-electron chi connectivity index (χ1n) is 9.81. The van der Waals surface area contributed by atoms with Crippen molar-refractivity contribution < 1.29 is 13.9 Å². The van der Waals surface area contributed by atoms with Gasteiger partial charge in [-0.2, -0.15) is 0 Å². The fourth-order valence-electron chi connectivity index (χ4n) is 3.57. The topological polar surface area (TPSA) is 78.8 Å². The van der Waals surface area contributed by atoms with Crippen LogP contribution >= 0.6 is 0 Å². The lowest BCUT2D eigenvalue weighted by molar-refractivity contribution is -0.135. The van der Waals surface area contributed by atoms with Crippen molar-refractivity contribution in [3.63, 3.8) is 0 Å². The summed E-state index contributed by atoms with van der Waals surface area (Å²) in [5.41, 5.74) is 2.29. The van der Waals surface area contributed by atoms with Gasteiger partial charge in [-0.25, -0.2) is 0 Å². The zero-order valence-electron chi connectivity index (χ0n) is 16.5. The van der Waals surface area contributed by atoms with E-state index in [1.165, 1.54) is 0 Å². The Morgan fingerprint density at radius 1 is 1.17 bits per heavy atom. The number of nitrogens with zero attached hydrogens (tertiary/aromatic N) is 2. The third-order valence-corrected chi connectivity index (χ3v) is 5.18. The monoisotopic (exact) mass is 395 g/mol. The summed E-state index contributed by atoms with van der Waals surface area (Å²) in [7, 11) is 0. The van der Waals surface area contributed by atoms with E-state index in [1.54, 1.807) is 17.2 Å². The number of H-pyrrole nitrogens is 1. The van der Waals surface area contributed by atoms with Gasteiger partial charge in [-0.3, -0.25) is 14.5 Å². The predicted octanol–water partition coefficient (Wildman–Crippen LogP) is 2.29. The Morgan fingerprint density at radius 3 is 2.76 bits per heavy atom. The fourth-order valence-corrected chi connectivity index (χ4v) is 3.57. The number of rotatable bonds is 6. The van der Waals surface area contributed by atoms with Crippen LogP contribution in [0, 0.1) is 6.92 Å². The molecule has 1 fully saturated rings. The Labute approximate surface area is 168 Å². The lowest BCUT2D eigenvalue weighted by Crippen LogP contribution is -2.44. The van der Waals surface area contributed by atoms with E-state index in [1.807, 2.05) is 37.3 Å². The van der Waals surface area contributed by atoms with Crippen molar-refractivity contribution in [1.82, 2.24) is 14.8 Å². The van der Waals surface area contributed by atoms with E-state index in [0.717, 1.165) is 29.6 Å². The number of nitrogens with one attached hydrogen (secondary N) is 1. The van der Waals surface area contributed by atoms with Crippen LogP contribution in [0.4, 0.5) is 0 Å². The SMILES string of the molecule is Cc1ccc2[nH]c(=O)c(CN(Cc3ccco3)C(=O)CN3CCOCC3)cc2c1. The Kier molecular flexibility index (Phi) is 5.78. The number of ether oxygens (including phenoxy) is 1. The van der Waals surface area contributed by atoms with Crippen molar-refractivity contribution in [2.75, 3.05) is 32.8 Å². The normalized spacial score (nSPS) is 14.9. The Balaban J connectivity index is 1.58. The maximum absolute atomic E-state index is 13.1. The summed E-state index contributed by atoms with van der Waals surface area (Å²) in [6.45, 7) is 5.59. The fraction of sp³-hybridized carbons (Fsp3) is 0.364. The minimum Gasteiger partial charge on any atom is -0.467 e. The van der Waals surface area contributed by atoms with E-state index in [9.17, 15) is 9.59 Å². The van der Waals surface area contributed by atoms with Gasteiger partial charge >= 0.3 is 0 Å². The quantitative estimate of drug-likeness (QED) is 0.693. The molecule has 2 aromatic heterocycles. The number of furan rings is 1. The third-order valence-electron chi connectivity index (χ3n) is 5.18. The van der Waals surface area contributed by atoms with Crippen molar-refractivity contribution in [3.8, 4) is 0 Å². The third kappa shape index (κ3) is 4.75. The molecule has 0 radical (unpaired) electrons. The number of pyridine rings is 1. The summed E-state index contributed by atoms with van der Waals surface area (Å²) in [6.07, 6.45) is 1.59. The molecular formula is C22H25N3O4. The summed E-state index contributed by atoms with van der Waals surface area (Å²) >= 11 is 0. The molecule has 3 aromatic rings. The molecule has 1 amide bonds. The number of aromatic amines is 1. The van der Waals surface area contributed by atoms with E-state index >= 15 is 0 Å². The van der Waals surface area contributed by atoms with Crippen LogP contribution in [0.3, 0.4) is 0 Å². The number of morpholine rings is 1. The van der Waals surface area contributed by atoms with Gasteiger partial charge in [-0.05, 0) is 42.6 Å². The number of aryl methyl sites for hydroxylation is 1. The standard InChI is InChI=1S/C22H25N3O4/c1-16-4-5-20-17(11-16)12-18(22(27)23-20)13-25(14-19-3-2-8-29-19)21(26)15-24-6-9-28-10-7-24/h2-5,8,11-12H,6-7,9-10,13-15H2,1H3,(H,23,27). The second kappa shape index (κ2) is 8.63. The molecule has 0 saturated carbocycles. The summed E-state index contributed by atoms with van der Waals surface area (Å²) < 4.78 is 10.8. The minimum atomic E-state index is -0.176. The Bertz CT molecular complexity index is 1040.